The zero-order valence-corrected chi connectivity index (χ0v) is 27.9. The van der Waals surface area contributed by atoms with Crippen molar-refractivity contribution in [1.82, 2.24) is 25.3 Å². The summed E-state index contributed by atoms with van der Waals surface area (Å²) in [6.07, 6.45) is 4.71. The number of aliphatic hydroxyl groups is 2. The topological polar surface area (TPSA) is 143 Å². The van der Waals surface area contributed by atoms with Gasteiger partial charge in [0.25, 0.3) is 0 Å². The van der Waals surface area contributed by atoms with Crippen molar-refractivity contribution in [3.8, 4) is 0 Å². The van der Waals surface area contributed by atoms with E-state index in [2.05, 4.69) is 29.4 Å². The summed E-state index contributed by atoms with van der Waals surface area (Å²) < 4.78 is 0. The molecule has 0 spiro atoms. The number of piperidine rings is 1. The number of nitrogens with zero attached hydrogens (tertiary/aromatic N) is 3. The Bertz CT molecular complexity index is 1010. The first kappa shape index (κ1) is 36.7. The van der Waals surface area contributed by atoms with E-state index in [0.29, 0.717) is 25.0 Å². The SMILES string of the molecule is C/C(=C\[C@H](C(C)C)N(C)C(=O)[C@@H](NC(=O)[C@H]1CCCCN1C(C)C)C(C)(C)C)C(=O)N1CCC[C@H]1C(=O)NC[C@H](O)CO. The summed E-state index contributed by atoms with van der Waals surface area (Å²) in [5.41, 5.74) is -0.117. The minimum Gasteiger partial charge on any atom is -0.394 e. The Hall–Kier alpha value is -2.50. The first-order chi connectivity index (χ1) is 20.0. The van der Waals surface area contributed by atoms with Crippen LogP contribution in [0.15, 0.2) is 11.6 Å². The molecule has 0 bridgehead atoms. The number of likely N-dealkylation sites (N-methyl/N-ethyl adjacent to an activating group) is 1. The Morgan fingerprint density at radius 1 is 0.977 bits per heavy atom. The first-order valence-electron chi connectivity index (χ1n) is 15.9. The Morgan fingerprint density at radius 2 is 1.60 bits per heavy atom. The smallest absolute Gasteiger partial charge is 0.249 e. The molecule has 0 aromatic heterocycles. The molecule has 2 fully saturated rings. The number of amides is 4. The third kappa shape index (κ3) is 9.74. The van der Waals surface area contributed by atoms with E-state index in [1.165, 1.54) is 4.90 Å². The maximum Gasteiger partial charge on any atom is 0.249 e. The van der Waals surface area contributed by atoms with E-state index >= 15 is 0 Å². The molecule has 2 aliphatic heterocycles. The lowest BCUT2D eigenvalue weighted by atomic mass is 9.84. The van der Waals surface area contributed by atoms with Gasteiger partial charge in [0.15, 0.2) is 0 Å². The van der Waals surface area contributed by atoms with Crippen molar-refractivity contribution in [3.63, 3.8) is 0 Å². The first-order valence-corrected chi connectivity index (χ1v) is 15.9. The summed E-state index contributed by atoms with van der Waals surface area (Å²) >= 11 is 0. The lowest BCUT2D eigenvalue weighted by Gasteiger charge is -2.41. The molecule has 11 heteroatoms. The summed E-state index contributed by atoms with van der Waals surface area (Å²) in [6, 6.07) is -1.88. The van der Waals surface area contributed by atoms with Crippen LogP contribution in [0.2, 0.25) is 0 Å². The van der Waals surface area contributed by atoms with Gasteiger partial charge in [0.05, 0.1) is 24.8 Å². The van der Waals surface area contributed by atoms with Gasteiger partial charge in [-0.15, -0.1) is 0 Å². The molecule has 5 atom stereocenters. The van der Waals surface area contributed by atoms with E-state index < -0.39 is 36.3 Å². The molecule has 2 heterocycles. The number of carbonyl (C=O) groups excluding carboxylic acids is 4. The van der Waals surface area contributed by atoms with Crippen molar-refractivity contribution in [2.75, 3.05) is 33.3 Å². The molecule has 2 aliphatic rings. The van der Waals surface area contributed by atoms with Crippen LogP contribution in [-0.2, 0) is 19.2 Å². The van der Waals surface area contributed by atoms with Crippen molar-refractivity contribution in [2.24, 2.45) is 11.3 Å². The monoisotopic (exact) mass is 607 g/mol. The second-order valence-corrected chi connectivity index (χ2v) is 13.9. The highest BCUT2D eigenvalue weighted by atomic mass is 16.3. The van der Waals surface area contributed by atoms with Gasteiger partial charge in [0.2, 0.25) is 23.6 Å². The Balaban J connectivity index is 2.23. The van der Waals surface area contributed by atoms with E-state index in [-0.39, 0.29) is 48.2 Å². The predicted octanol–water partition coefficient (Wildman–Crippen LogP) is 1.67. The van der Waals surface area contributed by atoms with Crippen LogP contribution in [0.25, 0.3) is 0 Å². The molecule has 0 unspecified atom stereocenters. The maximum atomic E-state index is 14.1. The molecule has 246 valence electrons. The number of likely N-dealkylation sites (tertiary alicyclic amines) is 2. The normalized spacial score (nSPS) is 22.3. The highest BCUT2D eigenvalue weighted by Gasteiger charge is 2.40. The van der Waals surface area contributed by atoms with Crippen LogP contribution in [0, 0.1) is 11.3 Å². The molecule has 0 aromatic rings. The largest absolute Gasteiger partial charge is 0.394 e. The lowest BCUT2D eigenvalue weighted by Crippen LogP contribution is -2.60. The fourth-order valence-corrected chi connectivity index (χ4v) is 6.08. The van der Waals surface area contributed by atoms with Gasteiger partial charge < -0.3 is 30.6 Å². The zero-order chi connectivity index (χ0) is 32.6. The number of hydrogen-bond donors (Lipinski definition) is 4. The Morgan fingerprint density at radius 3 is 2.16 bits per heavy atom. The average Bonchev–Trinajstić information content (AvgIpc) is 3.45. The molecule has 0 radical (unpaired) electrons. The molecular formula is C32H57N5O6. The molecule has 2 rings (SSSR count). The van der Waals surface area contributed by atoms with E-state index in [1.807, 2.05) is 34.6 Å². The van der Waals surface area contributed by atoms with E-state index in [4.69, 9.17) is 5.11 Å². The van der Waals surface area contributed by atoms with Crippen molar-refractivity contribution in [3.05, 3.63) is 11.6 Å². The molecule has 0 aliphatic carbocycles. The summed E-state index contributed by atoms with van der Waals surface area (Å²) in [7, 11) is 1.71. The average molecular weight is 608 g/mol. The number of nitrogens with one attached hydrogen (secondary N) is 2. The molecule has 0 aromatic carbocycles. The Labute approximate surface area is 258 Å². The van der Waals surface area contributed by atoms with Crippen LogP contribution in [0.1, 0.15) is 87.5 Å². The van der Waals surface area contributed by atoms with Crippen molar-refractivity contribution in [2.45, 2.75) is 124 Å². The van der Waals surface area contributed by atoms with E-state index in [0.717, 1.165) is 25.8 Å². The van der Waals surface area contributed by atoms with Gasteiger partial charge in [0.1, 0.15) is 12.1 Å². The summed E-state index contributed by atoms with van der Waals surface area (Å²) in [5.74, 6) is -1.01. The summed E-state index contributed by atoms with van der Waals surface area (Å²) in [5, 5.41) is 24.3. The number of hydrogen-bond acceptors (Lipinski definition) is 7. The number of rotatable bonds is 12. The number of carbonyl (C=O) groups is 4. The van der Waals surface area contributed by atoms with Crippen LogP contribution < -0.4 is 10.6 Å². The van der Waals surface area contributed by atoms with Crippen LogP contribution in [-0.4, -0.2) is 118 Å². The third-order valence-corrected chi connectivity index (χ3v) is 8.68. The zero-order valence-electron chi connectivity index (χ0n) is 27.9. The minimum atomic E-state index is -1.06. The molecule has 43 heavy (non-hydrogen) atoms. The second kappa shape index (κ2) is 16.0. The summed E-state index contributed by atoms with van der Waals surface area (Å²) in [4.78, 5) is 59.3. The van der Waals surface area contributed by atoms with Gasteiger partial charge in [-0.05, 0) is 64.3 Å². The molecule has 11 nitrogen and oxygen atoms in total. The molecule has 2 saturated heterocycles. The quantitative estimate of drug-likeness (QED) is 0.247. The summed E-state index contributed by atoms with van der Waals surface area (Å²) in [6.45, 7) is 16.4. The van der Waals surface area contributed by atoms with Crippen molar-refractivity contribution in [1.29, 1.82) is 0 Å². The highest BCUT2D eigenvalue weighted by Crippen LogP contribution is 2.26. The molecule has 4 amide bonds. The minimum absolute atomic E-state index is 0.0274. The molecular weight excluding hydrogens is 550 g/mol. The fraction of sp³-hybridized carbons (Fsp3) is 0.812. The van der Waals surface area contributed by atoms with Gasteiger partial charge in [-0.3, -0.25) is 24.1 Å². The van der Waals surface area contributed by atoms with Crippen LogP contribution >= 0.6 is 0 Å². The van der Waals surface area contributed by atoms with Gasteiger partial charge in [-0.25, -0.2) is 0 Å². The van der Waals surface area contributed by atoms with Crippen LogP contribution in [0.5, 0.6) is 0 Å². The van der Waals surface area contributed by atoms with E-state index in [9.17, 15) is 24.3 Å². The molecule has 4 N–H and O–H groups in total. The van der Waals surface area contributed by atoms with E-state index in [1.54, 1.807) is 24.9 Å². The van der Waals surface area contributed by atoms with Gasteiger partial charge >= 0.3 is 0 Å². The second-order valence-electron chi connectivity index (χ2n) is 13.9. The predicted molar refractivity (Wildman–Crippen MR) is 167 cm³/mol. The van der Waals surface area contributed by atoms with Gasteiger partial charge in [-0.1, -0.05) is 47.1 Å². The van der Waals surface area contributed by atoms with Crippen LogP contribution in [0.4, 0.5) is 0 Å². The van der Waals surface area contributed by atoms with Gasteiger partial charge in [0, 0.05) is 31.8 Å². The highest BCUT2D eigenvalue weighted by molar-refractivity contribution is 5.97. The maximum absolute atomic E-state index is 14.1. The number of aliphatic hydroxyl groups excluding tert-OH is 2. The molecule has 0 saturated carbocycles. The Kier molecular flexibility index (Phi) is 13.6. The van der Waals surface area contributed by atoms with Crippen LogP contribution in [0.3, 0.4) is 0 Å². The fourth-order valence-electron chi connectivity index (χ4n) is 6.08. The lowest BCUT2D eigenvalue weighted by molar-refractivity contribution is -0.142. The standard InChI is InChI=1S/C32H57N5O6/c1-20(2)26(17-22(5)30(42)37-16-12-14-24(37)28(40)33-18-23(39)19-38)35(9)31(43)27(32(6,7)8)34-29(41)25-13-10-11-15-36(25)21(3)4/h17,20-21,23-27,38-39H,10-16,18-19H2,1-9H3,(H,33,40)(H,34,41)/b22-17+/t23-,24-,25+,26+,27+/m0/s1. The van der Waals surface area contributed by atoms with Crippen molar-refractivity contribution >= 4 is 23.6 Å². The third-order valence-electron chi connectivity index (χ3n) is 8.68. The van der Waals surface area contributed by atoms with Gasteiger partial charge in [-0.2, -0.15) is 0 Å². The van der Waals surface area contributed by atoms with Crippen molar-refractivity contribution < 1.29 is 29.4 Å².